The summed E-state index contributed by atoms with van der Waals surface area (Å²) in [7, 11) is 2.76. The van der Waals surface area contributed by atoms with Crippen LogP contribution >= 0.6 is 0 Å². The zero-order chi connectivity index (χ0) is 21.7. The lowest BCUT2D eigenvalue weighted by Gasteiger charge is -2.10. The summed E-state index contributed by atoms with van der Waals surface area (Å²) >= 11 is 0. The summed E-state index contributed by atoms with van der Waals surface area (Å²) in [4.78, 5) is 27.7. The normalized spacial score (nSPS) is 10.5. The lowest BCUT2D eigenvalue weighted by atomic mass is 10.1. The highest BCUT2D eigenvalue weighted by Crippen LogP contribution is 2.34. The molecular formula is C21H21N3O6. The number of nitrogens with zero attached hydrogens (tertiary/aromatic N) is 2. The number of amides is 1. The number of hydrogen-bond acceptors (Lipinski definition) is 7. The molecule has 0 aliphatic rings. The molecule has 1 aromatic heterocycles. The molecule has 9 nitrogen and oxygen atoms in total. The topological polar surface area (TPSA) is 117 Å². The molecule has 0 unspecified atom stereocenters. The Bertz CT molecular complexity index is 1060. The number of benzene rings is 2. The van der Waals surface area contributed by atoms with Crippen LogP contribution in [0, 0.1) is 17.0 Å². The molecule has 3 aromatic rings. The summed E-state index contributed by atoms with van der Waals surface area (Å²) in [5, 5.41) is 14.0. The van der Waals surface area contributed by atoms with Gasteiger partial charge in [-0.2, -0.15) is 0 Å². The van der Waals surface area contributed by atoms with Crippen LogP contribution in [0.3, 0.4) is 0 Å². The van der Waals surface area contributed by atoms with Gasteiger partial charge in [0.25, 0.3) is 11.6 Å². The van der Waals surface area contributed by atoms with E-state index in [-0.39, 0.29) is 29.3 Å². The van der Waals surface area contributed by atoms with Gasteiger partial charge in [0, 0.05) is 24.6 Å². The fourth-order valence-electron chi connectivity index (χ4n) is 2.85. The second kappa shape index (κ2) is 9.08. The first kappa shape index (κ1) is 20.8. The van der Waals surface area contributed by atoms with Gasteiger partial charge in [0.1, 0.15) is 11.8 Å². The SMILES string of the molecule is COc1cc(C(=O)NCCc2coc(-c3ccc(C)cc3)n2)c([N+](=O)[O-])cc1OC. The zero-order valence-electron chi connectivity index (χ0n) is 16.8. The highest BCUT2D eigenvalue weighted by atomic mass is 16.6. The van der Waals surface area contributed by atoms with E-state index in [1.54, 1.807) is 0 Å². The highest BCUT2D eigenvalue weighted by Gasteiger charge is 2.24. The van der Waals surface area contributed by atoms with Crippen LogP contribution in [0.2, 0.25) is 0 Å². The Kier molecular flexibility index (Phi) is 6.31. The summed E-state index contributed by atoms with van der Waals surface area (Å²) in [5.74, 6) is 0.302. The van der Waals surface area contributed by atoms with E-state index in [1.807, 2.05) is 31.2 Å². The van der Waals surface area contributed by atoms with Crippen molar-refractivity contribution in [2.45, 2.75) is 13.3 Å². The fraction of sp³-hybridized carbons (Fsp3) is 0.238. The van der Waals surface area contributed by atoms with Gasteiger partial charge < -0.3 is 19.2 Å². The van der Waals surface area contributed by atoms with Crippen molar-refractivity contribution in [2.75, 3.05) is 20.8 Å². The van der Waals surface area contributed by atoms with Crippen LogP contribution < -0.4 is 14.8 Å². The average Bonchev–Trinajstić information content (AvgIpc) is 3.21. The van der Waals surface area contributed by atoms with Crippen molar-refractivity contribution in [3.05, 3.63) is 69.6 Å². The van der Waals surface area contributed by atoms with Crippen LogP contribution in [0.5, 0.6) is 11.5 Å². The summed E-state index contributed by atoms with van der Waals surface area (Å²) in [5.41, 5.74) is 2.17. The Hall–Kier alpha value is -3.88. The van der Waals surface area contributed by atoms with Crippen molar-refractivity contribution in [1.29, 1.82) is 0 Å². The minimum atomic E-state index is -0.637. The van der Waals surface area contributed by atoms with Gasteiger partial charge in [-0.3, -0.25) is 14.9 Å². The number of nitro benzene ring substituents is 1. The van der Waals surface area contributed by atoms with Gasteiger partial charge in [-0.05, 0) is 19.1 Å². The van der Waals surface area contributed by atoms with Crippen molar-refractivity contribution >= 4 is 11.6 Å². The third kappa shape index (κ3) is 4.57. The largest absolute Gasteiger partial charge is 0.493 e. The molecule has 9 heteroatoms. The molecule has 0 radical (unpaired) electrons. The number of nitro groups is 1. The lowest BCUT2D eigenvalue weighted by Crippen LogP contribution is -2.26. The number of carbonyl (C=O) groups excluding carboxylic acids is 1. The van der Waals surface area contributed by atoms with Gasteiger partial charge in [-0.1, -0.05) is 17.7 Å². The second-order valence-corrected chi connectivity index (χ2v) is 6.50. The first-order valence-corrected chi connectivity index (χ1v) is 9.13. The lowest BCUT2D eigenvalue weighted by molar-refractivity contribution is -0.385. The van der Waals surface area contributed by atoms with Crippen molar-refractivity contribution < 1.29 is 23.6 Å². The fourth-order valence-corrected chi connectivity index (χ4v) is 2.85. The molecule has 0 aliphatic heterocycles. The molecule has 1 N–H and O–H groups in total. The van der Waals surface area contributed by atoms with Gasteiger partial charge in [-0.15, -0.1) is 0 Å². The van der Waals surface area contributed by atoms with Crippen LogP contribution in [0.25, 0.3) is 11.5 Å². The average molecular weight is 411 g/mol. The number of aryl methyl sites for hydroxylation is 1. The number of oxazole rings is 1. The van der Waals surface area contributed by atoms with Crippen LogP contribution in [0.15, 0.2) is 47.1 Å². The molecule has 0 aliphatic carbocycles. The molecule has 1 heterocycles. The summed E-state index contributed by atoms with van der Waals surface area (Å²) in [6.07, 6.45) is 1.93. The van der Waals surface area contributed by atoms with Gasteiger partial charge >= 0.3 is 0 Å². The van der Waals surface area contributed by atoms with Crippen molar-refractivity contribution in [2.24, 2.45) is 0 Å². The first-order chi connectivity index (χ1) is 14.4. The molecule has 0 saturated heterocycles. The molecule has 0 atom stereocenters. The van der Waals surface area contributed by atoms with E-state index in [1.165, 1.54) is 32.6 Å². The van der Waals surface area contributed by atoms with Crippen LogP contribution in [-0.4, -0.2) is 36.6 Å². The van der Waals surface area contributed by atoms with E-state index in [2.05, 4.69) is 10.3 Å². The Balaban J connectivity index is 1.68. The molecule has 2 aromatic carbocycles. The molecule has 1 amide bonds. The summed E-state index contributed by atoms with van der Waals surface area (Å²) in [6, 6.07) is 10.2. The Morgan fingerprint density at radius 3 is 2.47 bits per heavy atom. The predicted octanol–water partition coefficient (Wildman–Crippen LogP) is 3.55. The zero-order valence-corrected chi connectivity index (χ0v) is 16.8. The van der Waals surface area contributed by atoms with Crippen LogP contribution in [0.1, 0.15) is 21.6 Å². The van der Waals surface area contributed by atoms with Gasteiger partial charge in [0.05, 0.1) is 30.9 Å². The number of ether oxygens (including phenoxy) is 2. The van der Waals surface area contributed by atoms with Crippen molar-refractivity contribution in [1.82, 2.24) is 10.3 Å². The van der Waals surface area contributed by atoms with Gasteiger partial charge in [0.15, 0.2) is 11.5 Å². The van der Waals surface area contributed by atoms with E-state index in [4.69, 9.17) is 13.9 Å². The van der Waals surface area contributed by atoms with Crippen molar-refractivity contribution in [3.63, 3.8) is 0 Å². The maximum absolute atomic E-state index is 12.5. The van der Waals surface area contributed by atoms with E-state index in [0.29, 0.717) is 18.0 Å². The third-order valence-electron chi connectivity index (χ3n) is 4.46. The molecule has 0 fully saturated rings. The second-order valence-electron chi connectivity index (χ2n) is 6.50. The van der Waals surface area contributed by atoms with E-state index < -0.39 is 10.8 Å². The van der Waals surface area contributed by atoms with Gasteiger partial charge in [0.2, 0.25) is 5.89 Å². The monoisotopic (exact) mass is 411 g/mol. The van der Waals surface area contributed by atoms with E-state index in [0.717, 1.165) is 11.1 Å². The molecular weight excluding hydrogens is 390 g/mol. The molecule has 3 rings (SSSR count). The Morgan fingerprint density at radius 2 is 1.83 bits per heavy atom. The number of methoxy groups -OCH3 is 2. The minimum Gasteiger partial charge on any atom is -0.493 e. The molecule has 30 heavy (non-hydrogen) atoms. The van der Waals surface area contributed by atoms with Crippen LogP contribution in [-0.2, 0) is 6.42 Å². The van der Waals surface area contributed by atoms with Crippen molar-refractivity contribution in [3.8, 4) is 23.0 Å². The maximum atomic E-state index is 12.5. The van der Waals surface area contributed by atoms with E-state index >= 15 is 0 Å². The molecule has 0 bridgehead atoms. The predicted molar refractivity (Wildman–Crippen MR) is 109 cm³/mol. The summed E-state index contributed by atoms with van der Waals surface area (Å²) < 4.78 is 15.7. The Labute approximate surface area is 172 Å². The smallest absolute Gasteiger partial charge is 0.286 e. The first-order valence-electron chi connectivity index (χ1n) is 9.13. The Morgan fingerprint density at radius 1 is 1.17 bits per heavy atom. The standard InChI is InChI=1S/C21H21N3O6/c1-13-4-6-14(7-5-13)21-23-15(12-30-21)8-9-22-20(25)16-10-18(28-2)19(29-3)11-17(16)24(26)27/h4-7,10-12H,8-9H2,1-3H3,(H,22,25). The van der Waals surface area contributed by atoms with Gasteiger partial charge in [-0.25, -0.2) is 4.98 Å². The number of hydrogen-bond donors (Lipinski definition) is 1. The highest BCUT2D eigenvalue weighted by molar-refractivity contribution is 5.99. The number of rotatable bonds is 8. The number of aromatic nitrogens is 1. The van der Waals surface area contributed by atoms with E-state index in [9.17, 15) is 14.9 Å². The summed E-state index contributed by atoms with van der Waals surface area (Å²) in [6.45, 7) is 2.22. The van der Waals surface area contributed by atoms with Crippen LogP contribution in [0.4, 0.5) is 5.69 Å². The maximum Gasteiger partial charge on any atom is 0.286 e. The minimum absolute atomic E-state index is 0.113. The number of nitrogens with one attached hydrogen (secondary N) is 1. The third-order valence-corrected chi connectivity index (χ3v) is 4.46. The quantitative estimate of drug-likeness (QED) is 0.445. The number of carbonyl (C=O) groups is 1. The molecule has 0 spiro atoms. The molecule has 156 valence electrons. The molecule has 0 saturated carbocycles.